The summed E-state index contributed by atoms with van der Waals surface area (Å²) in [6, 6.07) is 9.45. The molecule has 2 aliphatic heterocycles. The van der Waals surface area contributed by atoms with Gasteiger partial charge in [0.1, 0.15) is 30.1 Å². The Balaban J connectivity index is 1.55. The summed E-state index contributed by atoms with van der Waals surface area (Å²) in [7, 11) is 0. The summed E-state index contributed by atoms with van der Waals surface area (Å²) < 4.78 is 28.6. The molecule has 2 aromatic rings. The number of halogens is 1. The van der Waals surface area contributed by atoms with E-state index in [4.69, 9.17) is 35.0 Å². The van der Waals surface area contributed by atoms with Crippen molar-refractivity contribution in [3.8, 4) is 5.75 Å². The lowest BCUT2D eigenvalue weighted by Gasteiger charge is -2.47. The van der Waals surface area contributed by atoms with E-state index in [2.05, 4.69) is 5.32 Å². The second-order valence-electron chi connectivity index (χ2n) is 6.59. The van der Waals surface area contributed by atoms with Crippen molar-refractivity contribution in [3.63, 3.8) is 0 Å². The number of benzene rings is 1. The van der Waals surface area contributed by atoms with Gasteiger partial charge in [0, 0.05) is 6.92 Å². The van der Waals surface area contributed by atoms with E-state index in [1.54, 1.807) is 36.4 Å². The standard InChI is InChI=1S/C19H20ClNO7/c1-10(22)21-15-16(23)17-14(9-25-18(28-17)13-7-4-8-24-13)27-19(15)26-12-6-3-2-5-11(12)20/h2-8,14-19,23H,9H2,1H3,(H,21,22). The highest BCUT2D eigenvalue weighted by Gasteiger charge is 2.51. The quantitative estimate of drug-likeness (QED) is 0.796. The van der Waals surface area contributed by atoms with Crippen LogP contribution in [-0.4, -0.2) is 48.3 Å². The van der Waals surface area contributed by atoms with Crippen molar-refractivity contribution in [3.05, 3.63) is 53.4 Å². The summed E-state index contributed by atoms with van der Waals surface area (Å²) in [6.45, 7) is 1.50. The van der Waals surface area contributed by atoms with E-state index in [0.29, 0.717) is 16.5 Å². The van der Waals surface area contributed by atoms with E-state index in [9.17, 15) is 9.90 Å². The summed E-state index contributed by atoms with van der Waals surface area (Å²) in [4.78, 5) is 11.7. The first-order chi connectivity index (χ1) is 13.5. The number of rotatable bonds is 4. The smallest absolute Gasteiger partial charge is 0.223 e. The number of furan rings is 1. The van der Waals surface area contributed by atoms with Gasteiger partial charge in [-0.15, -0.1) is 0 Å². The average molecular weight is 410 g/mol. The normalized spacial score (nSPS) is 32.4. The summed E-state index contributed by atoms with van der Waals surface area (Å²) in [6.07, 6.45) is -2.68. The minimum Gasteiger partial charge on any atom is -0.464 e. The number of para-hydroxylation sites is 1. The number of fused-ring (bicyclic) bond motifs is 1. The summed E-state index contributed by atoms with van der Waals surface area (Å²) in [5.74, 6) is 0.519. The average Bonchev–Trinajstić information content (AvgIpc) is 3.21. The minimum absolute atomic E-state index is 0.155. The van der Waals surface area contributed by atoms with Crippen LogP contribution in [0.2, 0.25) is 5.02 Å². The summed E-state index contributed by atoms with van der Waals surface area (Å²) >= 11 is 6.16. The fourth-order valence-electron chi connectivity index (χ4n) is 3.32. The molecule has 0 aliphatic carbocycles. The predicted octanol–water partition coefficient (Wildman–Crippen LogP) is 2.02. The molecule has 1 aromatic heterocycles. The first-order valence-electron chi connectivity index (χ1n) is 8.85. The molecule has 0 spiro atoms. The molecule has 6 unspecified atom stereocenters. The summed E-state index contributed by atoms with van der Waals surface area (Å²) in [5, 5.41) is 14.0. The molecule has 0 radical (unpaired) electrons. The van der Waals surface area contributed by atoms with Gasteiger partial charge >= 0.3 is 0 Å². The highest BCUT2D eigenvalue weighted by Crippen LogP contribution is 2.35. The Morgan fingerprint density at radius 2 is 2.07 bits per heavy atom. The Morgan fingerprint density at radius 3 is 2.79 bits per heavy atom. The van der Waals surface area contributed by atoms with Gasteiger partial charge in [-0.1, -0.05) is 23.7 Å². The van der Waals surface area contributed by atoms with Gasteiger partial charge in [0.2, 0.25) is 18.5 Å². The van der Waals surface area contributed by atoms with Gasteiger partial charge in [-0.2, -0.15) is 0 Å². The largest absolute Gasteiger partial charge is 0.464 e. The molecule has 6 atom stereocenters. The number of nitrogens with one attached hydrogen (secondary N) is 1. The highest BCUT2D eigenvalue weighted by molar-refractivity contribution is 6.32. The van der Waals surface area contributed by atoms with Crippen molar-refractivity contribution >= 4 is 17.5 Å². The molecule has 9 heteroatoms. The molecular weight excluding hydrogens is 390 g/mol. The Kier molecular flexibility index (Phi) is 5.56. The zero-order chi connectivity index (χ0) is 19.7. The molecule has 0 bridgehead atoms. The van der Waals surface area contributed by atoms with Crippen LogP contribution in [0.15, 0.2) is 47.1 Å². The fourth-order valence-corrected chi connectivity index (χ4v) is 3.50. The van der Waals surface area contributed by atoms with E-state index in [0.717, 1.165) is 0 Å². The van der Waals surface area contributed by atoms with Crippen molar-refractivity contribution < 1.29 is 33.3 Å². The van der Waals surface area contributed by atoms with Crippen LogP contribution >= 0.6 is 11.6 Å². The van der Waals surface area contributed by atoms with Gasteiger partial charge < -0.3 is 33.8 Å². The van der Waals surface area contributed by atoms with E-state index in [1.807, 2.05) is 0 Å². The Morgan fingerprint density at radius 1 is 1.25 bits per heavy atom. The first kappa shape index (κ1) is 19.2. The Bertz CT molecular complexity index is 814. The van der Waals surface area contributed by atoms with Crippen LogP contribution in [-0.2, 0) is 19.0 Å². The molecule has 2 aliphatic rings. The van der Waals surface area contributed by atoms with Crippen LogP contribution < -0.4 is 10.1 Å². The number of carbonyl (C=O) groups is 1. The van der Waals surface area contributed by atoms with Crippen molar-refractivity contribution in [1.82, 2.24) is 5.32 Å². The molecule has 8 nitrogen and oxygen atoms in total. The molecule has 4 rings (SSSR count). The molecule has 1 aromatic carbocycles. The number of carbonyl (C=O) groups excluding carboxylic acids is 1. The highest BCUT2D eigenvalue weighted by atomic mass is 35.5. The molecule has 2 fully saturated rings. The van der Waals surface area contributed by atoms with Gasteiger partial charge in [0.05, 0.1) is 17.9 Å². The van der Waals surface area contributed by atoms with E-state index in [-0.39, 0.29) is 12.5 Å². The van der Waals surface area contributed by atoms with Gasteiger partial charge in [0.15, 0.2) is 5.76 Å². The van der Waals surface area contributed by atoms with E-state index < -0.39 is 36.9 Å². The van der Waals surface area contributed by atoms with E-state index >= 15 is 0 Å². The number of ether oxygens (including phenoxy) is 4. The zero-order valence-corrected chi connectivity index (χ0v) is 15.7. The van der Waals surface area contributed by atoms with Crippen LogP contribution in [0.3, 0.4) is 0 Å². The number of aliphatic hydroxyl groups is 1. The van der Waals surface area contributed by atoms with Gasteiger partial charge in [-0.25, -0.2) is 0 Å². The van der Waals surface area contributed by atoms with Gasteiger partial charge in [-0.3, -0.25) is 4.79 Å². The third-order valence-corrected chi connectivity index (χ3v) is 4.90. The molecular formula is C19H20ClNO7. The lowest BCUT2D eigenvalue weighted by Crippen LogP contribution is -2.67. The molecule has 1 amide bonds. The summed E-state index contributed by atoms with van der Waals surface area (Å²) in [5.41, 5.74) is 0. The third kappa shape index (κ3) is 3.87. The molecule has 0 saturated carbocycles. The van der Waals surface area contributed by atoms with Crippen molar-refractivity contribution in [2.75, 3.05) is 6.61 Å². The predicted molar refractivity (Wildman–Crippen MR) is 96.6 cm³/mol. The Labute approximate surface area is 166 Å². The third-order valence-electron chi connectivity index (χ3n) is 4.59. The number of hydrogen-bond acceptors (Lipinski definition) is 7. The number of hydrogen-bond donors (Lipinski definition) is 2. The van der Waals surface area contributed by atoms with Crippen LogP contribution in [0.25, 0.3) is 0 Å². The van der Waals surface area contributed by atoms with E-state index in [1.165, 1.54) is 13.2 Å². The van der Waals surface area contributed by atoms with Crippen LogP contribution in [0.4, 0.5) is 0 Å². The monoisotopic (exact) mass is 409 g/mol. The van der Waals surface area contributed by atoms with Crippen LogP contribution in [0.1, 0.15) is 19.0 Å². The molecule has 2 N–H and O–H groups in total. The maximum atomic E-state index is 11.7. The molecule has 150 valence electrons. The fraction of sp³-hybridized carbons (Fsp3) is 0.421. The molecule has 3 heterocycles. The topological polar surface area (TPSA) is 99.4 Å². The Hall–Kier alpha value is -2.10. The maximum Gasteiger partial charge on any atom is 0.223 e. The zero-order valence-electron chi connectivity index (χ0n) is 15.0. The lowest BCUT2D eigenvalue weighted by molar-refractivity contribution is -0.336. The van der Waals surface area contributed by atoms with Crippen molar-refractivity contribution in [2.45, 2.75) is 43.9 Å². The first-order valence-corrected chi connectivity index (χ1v) is 9.23. The lowest BCUT2D eigenvalue weighted by atomic mass is 9.96. The number of aliphatic hydroxyl groups excluding tert-OH is 1. The SMILES string of the molecule is CC(=O)NC1C(Oc2ccccc2Cl)OC2COC(c3ccco3)OC2C1O. The van der Waals surface area contributed by atoms with Gasteiger partial charge in [-0.05, 0) is 24.3 Å². The minimum atomic E-state index is -1.10. The van der Waals surface area contributed by atoms with Crippen molar-refractivity contribution in [1.29, 1.82) is 0 Å². The molecule has 28 heavy (non-hydrogen) atoms. The second-order valence-corrected chi connectivity index (χ2v) is 7.00. The second kappa shape index (κ2) is 8.10. The molecule has 2 saturated heterocycles. The van der Waals surface area contributed by atoms with Crippen LogP contribution in [0, 0.1) is 0 Å². The van der Waals surface area contributed by atoms with Gasteiger partial charge in [0.25, 0.3) is 0 Å². The number of amides is 1. The maximum absolute atomic E-state index is 11.7. The van der Waals surface area contributed by atoms with Crippen molar-refractivity contribution in [2.24, 2.45) is 0 Å². The van der Waals surface area contributed by atoms with Crippen LogP contribution in [0.5, 0.6) is 5.75 Å².